The first kappa shape index (κ1) is 15.8. The van der Waals surface area contributed by atoms with Gasteiger partial charge in [0, 0.05) is 19.2 Å². The van der Waals surface area contributed by atoms with E-state index in [0.717, 1.165) is 32.3 Å². The summed E-state index contributed by atoms with van der Waals surface area (Å²) in [6, 6.07) is 2.34. The molecule has 1 saturated carbocycles. The van der Waals surface area contributed by atoms with Crippen molar-refractivity contribution < 1.29 is 9.53 Å². The fourth-order valence-electron chi connectivity index (χ4n) is 3.67. The van der Waals surface area contributed by atoms with Crippen molar-refractivity contribution >= 4 is 17.4 Å². The van der Waals surface area contributed by atoms with Gasteiger partial charge in [-0.15, -0.1) is 0 Å². The van der Waals surface area contributed by atoms with E-state index >= 15 is 0 Å². The van der Waals surface area contributed by atoms with Gasteiger partial charge in [0.25, 0.3) is 0 Å². The molecule has 5 heteroatoms. The fourth-order valence-corrected chi connectivity index (χ4v) is 4.46. The van der Waals surface area contributed by atoms with Crippen LogP contribution in [0.25, 0.3) is 0 Å². The SMILES string of the molecule is C[C@H](CNC(=O)N[C@H]1CCOC2(CCCC2)C1)c1ccsc1. The molecule has 2 heterocycles. The third-order valence-corrected chi connectivity index (χ3v) is 5.73. The maximum Gasteiger partial charge on any atom is 0.315 e. The Hall–Kier alpha value is -1.07. The molecule has 0 radical (unpaired) electrons. The number of carbonyl (C=O) groups is 1. The predicted molar refractivity (Wildman–Crippen MR) is 89.4 cm³/mol. The molecule has 22 heavy (non-hydrogen) atoms. The summed E-state index contributed by atoms with van der Waals surface area (Å²) >= 11 is 1.70. The van der Waals surface area contributed by atoms with Crippen molar-refractivity contribution in [2.45, 2.75) is 63.0 Å². The summed E-state index contributed by atoms with van der Waals surface area (Å²) in [5.74, 6) is 0.355. The van der Waals surface area contributed by atoms with Crippen LogP contribution in [-0.2, 0) is 4.74 Å². The molecule has 4 nitrogen and oxygen atoms in total. The van der Waals surface area contributed by atoms with Gasteiger partial charge in [0.05, 0.1) is 5.60 Å². The van der Waals surface area contributed by atoms with Crippen molar-refractivity contribution in [1.82, 2.24) is 10.6 Å². The van der Waals surface area contributed by atoms with Crippen molar-refractivity contribution in [3.05, 3.63) is 22.4 Å². The summed E-state index contributed by atoms with van der Waals surface area (Å²) in [5.41, 5.74) is 1.35. The molecule has 0 aromatic carbocycles. The third-order valence-electron chi connectivity index (χ3n) is 5.02. The Labute approximate surface area is 136 Å². The summed E-state index contributed by atoms with van der Waals surface area (Å²) in [4.78, 5) is 12.1. The van der Waals surface area contributed by atoms with Crippen molar-refractivity contribution in [3.63, 3.8) is 0 Å². The van der Waals surface area contributed by atoms with E-state index in [9.17, 15) is 4.79 Å². The summed E-state index contributed by atoms with van der Waals surface area (Å²) in [5, 5.41) is 10.4. The molecule has 1 saturated heterocycles. The van der Waals surface area contributed by atoms with E-state index in [4.69, 9.17) is 4.74 Å². The lowest BCUT2D eigenvalue weighted by Gasteiger charge is -2.38. The first-order valence-electron chi connectivity index (χ1n) is 8.37. The van der Waals surface area contributed by atoms with Gasteiger partial charge in [-0.1, -0.05) is 19.8 Å². The lowest BCUT2D eigenvalue weighted by atomic mass is 9.89. The van der Waals surface area contributed by atoms with Crippen molar-refractivity contribution in [1.29, 1.82) is 0 Å². The van der Waals surface area contributed by atoms with Gasteiger partial charge < -0.3 is 15.4 Å². The molecule has 0 unspecified atom stereocenters. The van der Waals surface area contributed by atoms with E-state index in [-0.39, 0.29) is 17.7 Å². The molecule has 0 bridgehead atoms. The Morgan fingerprint density at radius 2 is 2.32 bits per heavy atom. The molecule has 122 valence electrons. The molecule has 2 fully saturated rings. The number of rotatable bonds is 4. The highest BCUT2D eigenvalue weighted by molar-refractivity contribution is 7.07. The average molecular weight is 322 g/mol. The molecule has 2 atom stereocenters. The monoisotopic (exact) mass is 322 g/mol. The number of nitrogens with one attached hydrogen (secondary N) is 2. The molecule has 1 aliphatic carbocycles. The maximum atomic E-state index is 12.1. The molecular weight excluding hydrogens is 296 g/mol. The van der Waals surface area contributed by atoms with Crippen LogP contribution in [0.5, 0.6) is 0 Å². The molecule has 2 N–H and O–H groups in total. The van der Waals surface area contributed by atoms with Crippen molar-refractivity contribution in [3.8, 4) is 0 Å². The van der Waals surface area contributed by atoms with Crippen LogP contribution < -0.4 is 10.6 Å². The first-order chi connectivity index (χ1) is 10.7. The lowest BCUT2D eigenvalue weighted by Crippen LogP contribution is -2.50. The van der Waals surface area contributed by atoms with Crippen LogP contribution >= 0.6 is 11.3 Å². The van der Waals surface area contributed by atoms with Gasteiger partial charge in [-0.25, -0.2) is 4.79 Å². The van der Waals surface area contributed by atoms with E-state index in [1.807, 2.05) is 0 Å². The zero-order valence-electron chi connectivity index (χ0n) is 13.3. The van der Waals surface area contributed by atoms with Crippen LogP contribution in [-0.4, -0.2) is 30.8 Å². The minimum atomic E-state index is -0.0397. The van der Waals surface area contributed by atoms with Crippen LogP contribution in [0.2, 0.25) is 0 Å². The average Bonchev–Trinajstić information content (AvgIpc) is 3.17. The quantitative estimate of drug-likeness (QED) is 0.889. The van der Waals surface area contributed by atoms with Gasteiger partial charge in [-0.05, 0) is 54.0 Å². The Balaban J connectivity index is 1.43. The number of ether oxygens (including phenoxy) is 1. The van der Waals surface area contributed by atoms with Crippen LogP contribution in [0, 0.1) is 0 Å². The molecule has 2 aliphatic rings. The molecule has 2 amide bonds. The molecule has 1 spiro atoms. The summed E-state index contributed by atoms with van der Waals surface area (Å²) < 4.78 is 6.01. The second-order valence-corrected chi connectivity index (χ2v) is 7.52. The first-order valence-corrected chi connectivity index (χ1v) is 9.32. The summed E-state index contributed by atoms with van der Waals surface area (Å²) in [6.45, 7) is 3.59. The molecule has 1 aromatic rings. The zero-order valence-corrected chi connectivity index (χ0v) is 14.1. The smallest absolute Gasteiger partial charge is 0.315 e. The topological polar surface area (TPSA) is 50.4 Å². The van der Waals surface area contributed by atoms with E-state index in [1.165, 1.54) is 18.4 Å². The van der Waals surface area contributed by atoms with Crippen molar-refractivity contribution in [2.75, 3.05) is 13.2 Å². The highest BCUT2D eigenvalue weighted by atomic mass is 32.1. The van der Waals surface area contributed by atoms with E-state index in [2.05, 4.69) is 34.4 Å². The minimum absolute atomic E-state index is 0.0397. The van der Waals surface area contributed by atoms with Gasteiger partial charge in [0.15, 0.2) is 0 Å². The lowest BCUT2D eigenvalue weighted by molar-refractivity contribution is -0.0820. The van der Waals surface area contributed by atoms with Gasteiger partial charge >= 0.3 is 6.03 Å². The van der Waals surface area contributed by atoms with Crippen LogP contribution in [0.3, 0.4) is 0 Å². The summed E-state index contributed by atoms with van der Waals surface area (Å²) in [7, 11) is 0. The van der Waals surface area contributed by atoms with Crippen LogP contribution in [0.1, 0.15) is 56.9 Å². The highest BCUT2D eigenvalue weighted by Gasteiger charge is 2.40. The molecule has 1 aromatic heterocycles. The standard InChI is InChI=1S/C17H26N2O2S/c1-13(14-5-9-22-12-14)11-18-16(20)19-15-4-8-21-17(10-15)6-2-3-7-17/h5,9,12-13,15H,2-4,6-8,10-11H2,1H3,(H2,18,19,20)/t13-,15+/m1/s1. The maximum absolute atomic E-state index is 12.1. The van der Waals surface area contributed by atoms with Crippen LogP contribution in [0.15, 0.2) is 16.8 Å². The Morgan fingerprint density at radius 1 is 1.50 bits per heavy atom. The largest absolute Gasteiger partial charge is 0.375 e. The summed E-state index contributed by atoms with van der Waals surface area (Å²) in [6.07, 6.45) is 6.73. The van der Waals surface area contributed by atoms with Gasteiger partial charge in [0.1, 0.15) is 0 Å². The number of hydrogen-bond acceptors (Lipinski definition) is 3. The number of urea groups is 1. The fraction of sp³-hybridized carbons (Fsp3) is 0.706. The predicted octanol–water partition coefficient (Wildman–Crippen LogP) is 3.64. The molecule has 3 rings (SSSR count). The van der Waals surface area contributed by atoms with Gasteiger partial charge in [0.2, 0.25) is 0 Å². The Bertz CT molecular complexity index is 483. The molecular formula is C17H26N2O2S. The third kappa shape index (κ3) is 3.82. The highest BCUT2D eigenvalue weighted by Crippen LogP contribution is 2.39. The van der Waals surface area contributed by atoms with Gasteiger partial charge in [-0.3, -0.25) is 0 Å². The van der Waals surface area contributed by atoms with E-state index < -0.39 is 0 Å². The number of thiophene rings is 1. The Kier molecular flexibility index (Phi) is 5.03. The number of carbonyl (C=O) groups excluding carboxylic acids is 1. The normalized spacial score (nSPS) is 25.0. The minimum Gasteiger partial charge on any atom is -0.375 e. The number of hydrogen-bond donors (Lipinski definition) is 2. The second kappa shape index (κ2) is 7.01. The molecule has 1 aliphatic heterocycles. The van der Waals surface area contributed by atoms with Gasteiger partial charge in [-0.2, -0.15) is 11.3 Å². The second-order valence-electron chi connectivity index (χ2n) is 6.74. The number of amides is 2. The van der Waals surface area contributed by atoms with Crippen molar-refractivity contribution in [2.24, 2.45) is 0 Å². The zero-order chi connectivity index (χ0) is 15.4. The van der Waals surface area contributed by atoms with Crippen LogP contribution in [0.4, 0.5) is 4.79 Å². The Morgan fingerprint density at radius 3 is 3.05 bits per heavy atom. The van der Waals surface area contributed by atoms with E-state index in [0.29, 0.717) is 12.5 Å². The van der Waals surface area contributed by atoms with E-state index in [1.54, 1.807) is 11.3 Å².